The zero-order valence-electron chi connectivity index (χ0n) is 15.8. The van der Waals surface area contributed by atoms with Gasteiger partial charge < -0.3 is 9.64 Å². The summed E-state index contributed by atoms with van der Waals surface area (Å²) in [5.41, 5.74) is 5.34. The van der Waals surface area contributed by atoms with Crippen molar-refractivity contribution in [1.29, 1.82) is 0 Å². The predicted octanol–water partition coefficient (Wildman–Crippen LogP) is 4.57. The van der Waals surface area contributed by atoms with Gasteiger partial charge in [0.2, 0.25) is 5.88 Å². The SMILES string of the molecule is CN1C(=O)COc2nc(C3CCC3c3cc[c]cc3)c(-c3ccccc3)cc21. The Morgan fingerprint density at radius 1 is 1.07 bits per heavy atom. The summed E-state index contributed by atoms with van der Waals surface area (Å²) in [5.74, 6) is 1.30. The molecule has 2 unspecified atom stereocenters. The Morgan fingerprint density at radius 2 is 1.82 bits per heavy atom. The van der Waals surface area contributed by atoms with Crippen LogP contribution >= 0.6 is 0 Å². The molecule has 28 heavy (non-hydrogen) atoms. The lowest BCUT2D eigenvalue weighted by Gasteiger charge is -2.38. The number of nitrogens with zero attached hydrogens (tertiary/aromatic N) is 2. The molecule has 139 valence electrons. The van der Waals surface area contributed by atoms with Crippen LogP contribution in [-0.2, 0) is 4.79 Å². The van der Waals surface area contributed by atoms with E-state index in [-0.39, 0.29) is 12.5 Å². The van der Waals surface area contributed by atoms with E-state index in [9.17, 15) is 4.79 Å². The van der Waals surface area contributed by atoms with Gasteiger partial charge in [-0.2, -0.15) is 0 Å². The number of likely N-dealkylation sites (N-methyl/N-ethyl adjacent to an activating group) is 1. The molecule has 0 bridgehead atoms. The molecule has 2 atom stereocenters. The number of hydrogen-bond donors (Lipinski definition) is 0. The summed E-state index contributed by atoms with van der Waals surface area (Å²) in [5, 5.41) is 0. The second kappa shape index (κ2) is 6.79. The van der Waals surface area contributed by atoms with E-state index in [2.05, 4.69) is 36.4 Å². The van der Waals surface area contributed by atoms with E-state index in [4.69, 9.17) is 9.72 Å². The van der Waals surface area contributed by atoms with Gasteiger partial charge in [-0.1, -0.05) is 54.6 Å². The second-order valence-electron chi connectivity index (χ2n) is 7.48. The zero-order chi connectivity index (χ0) is 19.1. The molecule has 1 fully saturated rings. The van der Waals surface area contributed by atoms with Crippen molar-refractivity contribution < 1.29 is 9.53 Å². The first-order valence-corrected chi connectivity index (χ1v) is 9.68. The first kappa shape index (κ1) is 17.0. The Kier molecular flexibility index (Phi) is 4.12. The highest BCUT2D eigenvalue weighted by atomic mass is 16.5. The van der Waals surface area contributed by atoms with E-state index in [1.165, 1.54) is 5.56 Å². The highest BCUT2D eigenvalue weighted by molar-refractivity contribution is 5.97. The number of aromatic nitrogens is 1. The molecule has 2 aliphatic rings. The third kappa shape index (κ3) is 2.76. The normalized spacial score (nSPS) is 20.9. The zero-order valence-corrected chi connectivity index (χ0v) is 15.8. The van der Waals surface area contributed by atoms with E-state index in [0.29, 0.717) is 17.7 Å². The van der Waals surface area contributed by atoms with Gasteiger partial charge in [0.15, 0.2) is 6.61 Å². The minimum Gasteiger partial charge on any atom is -0.466 e. The summed E-state index contributed by atoms with van der Waals surface area (Å²) in [7, 11) is 1.78. The topological polar surface area (TPSA) is 42.4 Å². The molecule has 1 aromatic heterocycles. The molecule has 2 heterocycles. The molecule has 1 amide bonds. The monoisotopic (exact) mass is 369 g/mol. The number of carbonyl (C=O) groups is 1. The Hall–Kier alpha value is -3.14. The lowest BCUT2D eigenvalue weighted by Crippen LogP contribution is -2.36. The molecule has 5 rings (SSSR count). The van der Waals surface area contributed by atoms with Crippen molar-refractivity contribution in [2.45, 2.75) is 24.7 Å². The molecule has 1 radical (unpaired) electrons. The molecule has 0 spiro atoms. The number of ether oxygens (including phenoxy) is 1. The highest BCUT2D eigenvalue weighted by Gasteiger charge is 2.37. The van der Waals surface area contributed by atoms with Crippen molar-refractivity contribution in [2.24, 2.45) is 0 Å². The molecule has 1 saturated carbocycles. The van der Waals surface area contributed by atoms with Crippen molar-refractivity contribution in [2.75, 3.05) is 18.6 Å². The average molecular weight is 369 g/mol. The summed E-state index contributed by atoms with van der Waals surface area (Å²) >= 11 is 0. The molecule has 0 N–H and O–H groups in total. The summed E-state index contributed by atoms with van der Waals surface area (Å²) in [4.78, 5) is 18.7. The summed E-state index contributed by atoms with van der Waals surface area (Å²) in [6, 6.07) is 23.7. The first-order chi connectivity index (χ1) is 13.7. The minimum atomic E-state index is -0.0527. The van der Waals surface area contributed by atoms with Crippen molar-refractivity contribution >= 4 is 11.6 Å². The fourth-order valence-electron chi connectivity index (χ4n) is 4.21. The molecular weight excluding hydrogens is 348 g/mol. The van der Waals surface area contributed by atoms with Crippen LogP contribution in [0.5, 0.6) is 5.88 Å². The predicted molar refractivity (Wildman–Crippen MR) is 109 cm³/mol. The van der Waals surface area contributed by atoms with E-state index >= 15 is 0 Å². The fourth-order valence-corrected chi connectivity index (χ4v) is 4.21. The molecule has 0 saturated heterocycles. The van der Waals surface area contributed by atoms with Crippen LogP contribution in [0.25, 0.3) is 11.1 Å². The van der Waals surface area contributed by atoms with Gasteiger partial charge in [-0.15, -0.1) is 0 Å². The maximum Gasteiger partial charge on any atom is 0.264 e. The average Bonchev–Trinajstić information content (AvgIpc) is 2.71. The summed E-state index contributed by atoms with van der Waals surface area (Å²) in [6.45, 7) is 0.0449. The lowest BCUT2D eigenvalue weighted by molar-refractivity contribution is -0.121. The van der Waals surface area contributed by atoms with Gasteiger partial charge in [0, 0.05) is 18.5 Å². The van der Waals surface area contributed by atoms with Gasteiger partial charge in [-0.05, 0) is 42.0 Å². The van der Waals surface area contributed by atoms with Gasteiger partial charge in [0.1, 0.15) is 5.69 Å². The van der Waals surface area contributed by atoms with Gasteiger partial charge in [0.25, 0.3) is 5.91 Å². The maximum absolute atomic E-state index is 12.1. The number of anilines is 1. The van der Waals surface area contributed by atoms with Crippen LogP contribution in [0.4, 0.5) is 5.69 Å². The maximum atomic E-state index is 12.1. The van der Waals surface area contributed by atoms with Crippen molar-refractivity contribution in [3.8, 4) is 17.0 Å². The third-order valence-electron chi connectivity index (χ3n) is 5.95. The van der Waals surface area contributed by atoms with Gasteiger partial charge >= 0.3 is 0 Å². The smallest absolute Gasteiger partial charge is 0.264 e. The quantitative estimate of drug-likeness (QED) is 0.679. The largest absolute Gasteiger partial charge is 0.466 e. The summed E-state index contributed by atoms with van der Waals surface area (Å²) in [6.07, 6.45) is 2.25. The number of rotatable bonds is 3. The minimum absolute atomic E-state index is 0.0449. The van der Waals surface area contributed by atoms with Crippen molar-refractivity contribution in [3.63, 3.8) is 0 Å². The van der Waals surface area contributed by atoms with Crippen molar-refractivity contribution in [3.05, 3.63) is 78.0 Å². The fraction of sp³-hybridized carbons (Fsp3) is 0.250. The van der Waals surface area contributed by atoms with E-state index in [0.717, 1.165) is 35.3 Å². The Balaban J connectivity index is 1.64. The van der Waals surface area contributed by atoms with E-state index < -0.39 is 0 Å². The number of benzene rings is 2. The van der Waals surface area contributed by atoms with Gasteiger partial charge in [0.05, 0.1) is 5.69 Å². The standard InChI is InChI=1S/C24H21N2O2/c1-26-21-14-20(17-10-6-3-7-11-17)23(25-24(21)28-15-22(26)27)19-13-12-18(19)16-8-4-2-5-9-16/h3-11,14,18-19H,12-13,15H2,1H3. The first-order valence-electron chi connectivity index (χ1n) is 9.68. The Labute approximate surface area is 164 Å². The van der Waals surface area contributed by atoms with Crippen LogP contribution in [0.1, 0.15) is 35.9 Å². The molecule has 4 heteroatoms. The Bertz CT molecular complexity index is 1020. The van der Waals surface area contributed by atoms with Crippen LogP contribution in [-0.4, -0.2) is 24.5 Å². The van der Waals surface area contributed by atoms with Gasteiger partial charge in [-0.3, -0.25) is 4.79 Å². The van der Waals surface area contributed by atoms with E-state index in [1.807, 2.05) is 30.3 Å². The number of hydrogen-bond acceptors (Lipinski definition) is 3. The number of pyridine rings is 1. The number of amides is 1. The van der Waals surface area contributed by atoms with Crippen LogP contribution in [0.15, 0.2) is 60.7 Å². The highest BCUT2D eigenvalue weighted by Crippen LogP contribution is 2.52. The van der Waals surface area contributed by atoms with E-state index in [1.54, 1.807) is 11.9 Å². The lowest BCUT2D eigenvalue weighted by atomic mass is 9.67. The van der Waals surface area contributed by atoms with Crippen LogP contribution in [0.2, 0.25) is 0 Å². The third-order valence-corrected chi connectivity index (χ3v) is 5.95. The molecule has 2 aromatic carbocycles. The van der Waals surface area contributed by atoms with Crippen LogP contribution in [0.3, 0.4) is 0 Å². The number of fused-ring (bicyclic) bond motifs is 1. The Morgan fingerprint density at radius 3 is 2.54 bits per heavy atom. The van der Waals surface area contributed by atoms with Crippen LogP contribution in [0, 0.1) is 6.07 Å². The van der Waals surface area contributed by atoms with Crippen molar-refractivity contribution in [1.82, 2.24) is 4.98 Å². The molecule has 1 aliphatic carbocycles. The second-order valence-corrected chi connectivity index (χ2v) is 7.48. The molecule has 4 nitrogen and oxygen atoms in total. The van der Waals surface area contributed by atoms with Crippen LogP contribution < -0.4 is 9.64 Å². The van der Waals surface area contributed by atoms with Gasteiger partial charge in [-0.25, -0.2) is 4.98 Å². The summed E-state index contributed by atoms with van der Waals surface area (Å²) < 4.78 is 5.69. The molecular formula is C24H21N2O2. The molecule has 1 aliphatic heterocycles. The molecule has 3 aromatic rings. The number of carbonyl (C=O) groups excluding carboxylic acids is 1.